The number of hydrogen-bond donors (Lipinski definition) is 28. The molecule has 3 aromatic rings. The molecule has 9 atom stereocenters. The average molecular weight is 1490 g/mol. The molecule has 103 heavy (non-hydrogen) atoms. The van der Waals surface area contributed by atoms with Crippen molar-refractivity contribution in [2.24, 2.45) is 86.2 Å². The molecule has 0 unspecified atom stereocenters. The average Bonchev–Trinajstić information content (AvgIpc) is 0.946. The first kappa shape index (κ1) is 107. The molecule has 3 rings (SSSR count). The third-order valence-corrected chi connectivity index (χ3v) is 12.9. The minimum absolute atomic E-state index is 0.112. The molecule has 42 N–H and O–H groups in total. The Morgan fingerprint density at radius 1 is 0.369 bits per heavy atom. The van der Waals surface area contributed by atoms with Crippen LogP contribution in [0.25, 0.3) is 0 Å². The van der Waals surface area contributed by atoms with Gasteiger partial charge in [-0.1, -0.05) is 118 Å². The molecule has 0 fully saturated rings. The molecular weight excluding hydrogens is 1370 g/mol. The first-order valence-electron chi connectivity index (χ1n) is 32.0. The van der Waals surface area contributed by atoms with Crippen molar-refractivity contribution in [1.29, 1.82) is 10.8 Å². The second kappa shape index (κ2) is 71.2. The fraction of sp³-hybridized carbons (Fsp3) is 0.531. The van der Waals surface area contributed by atoms with Crippen LogP contribution < -0.4 is 90.9 Å². The first-order chi connectivity index (χ1) is 48.0. The summed E-state index contributed by atoms with van der Waals surface area (Å²) in [6.07, 6.45) is 10.5. The quantitative estimate of drug-likeness (QED) is 0.0167. The number of nitrogens with two attached hydrogens (primary N) is 14. The molecule has 0 saturated heterocycles. The maximum absolute atomic E-state index is 10.4. The Kier molecular flexibility index (Phi) is 74.1. The Bertz CT molecular complexity index is 2540. The molecule has 0 radical (unpaired) electrons. The van der Waals surface area contributed by atoms with Crippen molar-refractivity contribution < 1.29 is 99.0 Å². The molecule has 0 aliphatic heterocycles. The number of hydrogen-bond acceptors (Lipinski definition) is 25. The molecule has 590 valence electrons. The molecule has 0 saturated carbocycles. The van der Waals surface area contributed by atoms with Crippen molar-refractivity contribution in [3.63, 3.8) is 0 Å². The second-order valence-corrected chi connectivity index (χ2v) is 23.1. The van der Waals surface area contributed by atoms with Crippen LogP contribution in [0.1, 0.15) is 108 Å². The summed E-state index contributed by atoms with van der Waals surface area (Å²) in [5, 5.41) is 102. The van der Waals surface area contributed by atoms with Crippen LogP contribution in [0.4, 0.5) is 0 Å². The van der Waals surface area contributed by atoms with Crippen LogP contribution in [0.3, 0.4) is 0 Å². The van der Waals surface area contributed by atoms with Gasteiger partial charge < -0.3 is 142 Å². The van der Waals surface area contributed by atoms with Gasteiger partial charge in [-0.15, -0.1) is 0 Å². The highest BCUT2D eigenvalue weighted by molar-refractivity contribution is 7.98. The number of guanidine groups is 2. The standard InChI is InChI=1S/3C9H11NO2.2C6H14N4O2.2C6H14N2O2.C6H13NO2.C5H11NO2S.C2H5NO2/c3*10-8(9(11)12)6-7-4-2-1-3-5-7;2*7-4(5(11)12)2-1-3-10-6(8)9;2*7-4-2-1-3-5(8)6(9)10;1-4(2)3-5(7)6(8)9;1-9-3-2-4(6)5(7)8;3-1-2(4)5/h3*1-5,8H,6,10H2,(H,11,12);2*4H,1-3,7H2,(H,11,12)(H4,8,9,10);2*5H,1-4,7-8H2,(H,9,10);4-5H,3,7H2,1-2H3,(H,8,9);4H,2-3,6H2,1H3,(H,7,8);1,3H2,(H,4,5)/t3*8-;2*4-;3*5-;4-;/m000000000./s1. The maximum Gasteiger partial charge on any atom is 0.320 e. The summed E-state index contributed by atoms with van der Waals surface area (Å²) in [7, 11) is 0. The number of benzene rings is 3. The van der Waals surface area contributed by atoms with Gasteiger partial charge in [0, 0.05) is 13.1 Å². The van der Waals surface area contributed by atoms with Crippen LogP contribution in [-0.4, -0.2) is 222 Å². The van der Waals surface area contributed by atoms with E-state index in [9.17, 15) is 47.9 Å². The Morgan fingerprint density at radius 2 is 0.592 bits per heavy atom. The third-order valence-electron chi connectivity index (χ3n) is 12.2. The van der Waals surface area contributed by atoms with Gasteiger partial charge in [0.05, 0.1) is 6.54 Å². The van der Waals surface area contributed by atoms with E-state index in [0.717, 1.165) is 48.1 Å². The highest BCUT2D eigenvalue weighted by Crippen LogP contribution is 2.06. The fourth-order valence-corrected chi connectivity index (χ4v) is 6.93. The van der Waals surface area contributed by atoms with E-state index in [1.54, 1.807) is 11.8 Å². The van der Waals surface area contributed by atoms with Gasteiger partial charge >= 0.3 is 59.7 Å². The molecule has 38 nitrogen and oxygen atoms in total. The number of aliphatic carboxylic acids is 10. The SMILES string of the molecule is CC(C)C[C@H](N)C(=O)O.CSCC[C@H](N)C(=O)O.N=C(N)NCCC[C@H](N)C(=O)O.N=C(N)NCCC[C@H](N)C(=O)O.NCC(=O)O.NCCCC[C@H](N)C(=O)O.NCCCC[C@H](N)C(=O)O.N[C@@H](Cc1ccccc1)C(=O)O.N[C@@H](Cc1ccccc1)C(=O)O.N[C@@H](Cc1ccccc1)C(=O)O. The van der Waals surface area contributed by atoms with Gasteiger partial charge in [-0.3, -0.25) is 58.8 Å². The monoisotopic (exact) mass is 1490 g/mol. The summed E-state index contributed by atoms with van der Waals surface area (Å²) in [6.45, 7) is 5.79. The maximum atomic E-state index is 10.4. The molecule has 0 heterocycles. The van der Waals surface area contributed by atoms with Crippen LogP contribution in [-0.2, 0) is 67.2 Å². The van der Waals surface area contributed by atoms with E-state index >= 15 is 0 Å². The van der Waals surface area contributed by atoms with Gasteiger partial charge in [0.25, 0.3) is 0 Å². The smallest absolute Gasteiger partial charge is 0.320 e. The lowest BCUT2D eigenvalue weighted by Gasteiger charge is -2.07. The highest BCUT2D eigenvalue weighted by Gasteiger charge is 2.16. The van der Waals surface area contributed by atoms with Gasteiger partial charge in [0.15, 0.2) is 11.9 Å². The Balaban J connectivity index is -0.000000200. The molecule has 3 aromatic carbocycles. The minimum atomic E-state index is -1.00. The van der Waals surface area contributed by atoms with Crippen molar-refractivity contribution >= 4 is 83.4 Å². The lowest BCUT2D eigenvalue weighted by atomic mass is 10.1. The van der Waals surface area contributed by atoms with Gasteiger partial charge in [0.1, 0.15) is 54.4 Å². The van der Waals surface area contributed by atoms with E-state index in [-0.39, 0.29) is 18.5 Å². The summed E-state index contributed by atoms with van der Waals surface area (Å²) >= 11 is 1.60. The van der Waals surface area contributed by atoms with E-state index in [2.05, 4.69) is 16.4 Å². The largest absolute Gasteiger partial charge is 0.480 e. The molecule has 0 aromatic heterocycles. The van der Waals surface area contributed by atoms with Crippen LogP contribution in [0, 0.1) is 16.7 Å². The number of carbonyl (C=O) groups is 10. The van der Waals surface area contributed by atoms with Gasteiger partial charge in [-0.2, -0.15) is 11.8 Å². The van der Waals surface area contributed by atoms with E-state index in [1.807, 2.05) is 111 Å². The zero-order valence-electron chi connectivity index (χ0n) is 58.8. The predicted molar refractivity (Wildman–Crippen MR) is 394 cm³/mol. The normalized spacial score (nSPS) is 12.4. The number of unbranched alkanes of at least 4 members (excludes halogenated alkanes) is 2. The lowest BCUT2D eigenvalue weighted by Crippen LogP contribution is -2.34. The molecule has 0 aliphatic carbocycles. The van der Waals surface area contributed by atoms with Crippen LogP contribution in [0.15, 0.2) is 91.0 Å². The van der Waals surface area contributed by atoms with Gasteiger partial charge in [-0.25, -0.2) is 0 Å². The lowest BCUT2D eigenvalue weighted by molar-refractivity contribution is -0.139. The molecule has 0 bridgehead atoms. The van der Waals surface area contributed by atoms with E-state index in [1.165, 1.54) is 0 Å². The van der Waals surface area contributed by atoms with Crippen molar-refractivity contribution in [2.75, 3.05) is 44.7 Å². The number of nitrogens with one attached hydrogen (secondary N) is 4. The molecule has 0 spiro atoms. The van der Waals surface area contributed by atoms with Crippen molar-refractivity contribution in [3.05, 3.63) is 108 Å². The summed E-state index contributed by atoms with van der Waals surface area (Å²) in [6, 6.07) is 21.2. The molecule has 39 heteroatoms. The highest BCUT2D eigenvalue weighted by atomic mass is 32.2. The van der Waals surface area contributed by atoms with Crippen molar-refractivity contribution in [2.45, 2.75) is 165 Å². The summed E-state index contributed by atoms with van der Waals surface area (Å²) < 4.78 is 0. The Morgan fingerprint density at radius 3 is 0.767 bits per heavy atom. The Hall–Kier alpha value is -9.23. The van der Waals surface area contributed by atoms with Gasteiger partial charge in [-0.05, 0) is 131 Å². The minimum Gasteiger partial charge on any atom is -0.480 e. The third kappa shape index (κ3) is 81.6. The van der Waals surface area contributed by atoms with E-state index < -0.39 is 114 Å². The zero-order valence-corrected chi connectivity index (χ0v) is 59.6. The molecular formula is C64H118N18O20S. The van der Waals surface area contributed by atoms with Crippen LogP contribution in [0.2, 0.25) is 0 Å². The van der Waals surface area contributed by atoms with Crippen molar-refractivity contribution in [1.82, 2.24) is 10.6 Å². The number of carboxylic acid groups (broad SMARTS) is 10. The number of thioether (sulfide) groups is 1. The number of carboxylic acids is 10. The fourth-order valence-electron chi connectivity index (χ4n) is 6.44. The summed E-state index contributed by atoms with van der Waals surface area (Å²) in [5.41, 5.74) is 75.1. The van der Waals surface area contributed by atoms with E-state index in [0.29, 0.717) is 103 Å². The first-order valence-corrected chi connectivity index (χ1v) is 33.4. The van der Waals surface area contributed by atoms with Crippen LogP contribution >= 0.6 is 11.8 Å². The number of rotatable bonds is 37. The van der Waals surface area contributed by atoms with Crippen LogP contribution in [0.5, 0.6) is 0 Å². The van der Waals surface area contributed by atoms with E-state index in [4.69, 9.17) is 136 Å². The molecule has 0 amide bonds. The van der Waals surface area contributed by atoms with Gasteiger partial charge in [0.2, 0.25) is 0 Å². The molecule has 0 aliphatic rings. The predicted octanol–water partition coefficient (Wildman–Crippen LogP) is -2.07. The summed E-state index contributed by atoms with van der Waals surface area (Å²) in [4.78, 5) is 101. The zero-order chi connectivity index (χ0) is 81.0. The topological polar surface area (TPSA) is 809 Å². The summed E-state index contributed by atoms with van der Waals surface area (Å²) in [5.74, 6) is -8.60. The Labute approximate surface area is 604 Å². The van der Waals surface area contributed by atoms with Crippen molar-refractivity contribution in [3.8, 4) is 0 Å². The second-order valence-electron chi connectivity index (χ2n) is 22.1.